The second kappa shape index (κ2) is 15.0. The molecular formula is C15H30MgO2. The first-order valence-corrected chi connectivity index (χ1v) is 7.14. The zero-order chi connectivity index (χ0) is 12.9. The van der Waals surface area contributed by atoms with Gasteiger partial charge >= 0.3 is 29.0 Å². The summed E-state index contributed by atoms with van der Waals surface area (Å²) < 4.78 is 0. The van der Waals surface area contributed by atoms with Gasteiger partial charge in [-0.25, -0.2) is 4.79 Å². The molecular weight excluding hydrogens is 236 g/mol. The van der Waals surface area contributed by atoms with E-state index in [9.17, 15) is 4.79 Å². The summed E-state index contributed by atoms with van der Waals surface area (Å²) in [6, 6.07) is 0. The van der Waals surface area contributed by atoms with Crippen LogP contribution >= 0.6 is 0 Å². The van der Waals surface area contributed by atoms with Crippen molar-refractivity contribution in [1.29, 1.82) is 0 Å². The molecule has 0 aromatic heterocycles. The molecule has 0 saturated carbocycles. The Bertz CT molecular complexity index is 234. The van der Waals surface area contributed by atoms with Crippen molar-refractivity contribution in [3.63, 3.8) is 0 Å². The Balaban J connectivity index is -0.000000427. The SMILES string of the molecule is CCCCCCC=C(CCCCCC)C(=O)O.[H-].[H-].[Mg+2]. The van der Waals surface area contributed by atoms with Crippen molar-refractivity contribution in [1.82, 2.24) is 0 Å². The molecule has 2 nitrogen and oxygen atoms in total. The van der Waals surface area contributed by atoms with E-state index in [4.69, 9.17) is 5.11 Å². The smallest absolute Gasteiger partial charge is 1.00 e. The Morgan fingerprint density at radius 3 is 2.06 bits per heavy atom. The van der Waals surface area contributed by atoms with Crippen LogP contribution in [0.5, 0.6) is 0 Å². The van der Waals surface area contributed by atoms with Gasteiger partial charge in [0, 0.05) is 5.57 Å². The fourth-order valence-electron chi connectivity index (χ4n) is 1.89. The zero-order valence-corrected chi connectivity index (χ0v) is 13.6. The summed E-state index contributed by atoms with van der Waals surface area (Å²) in [4.78, 5) is 11.0. The fourth-order valence-corrected chi connectivity index (χ4v) is 1.89. The second-order valence-electron chi connectivity index (χ2n) is 4.69. The number of carboxylic acid groups (broad SMARTS) is 1. The summed E-state index contributed by atoms with van der Waals surface area (Å²) in [5.41, 5.74) is 0.623. The molecule has 0 aliphatic rings. The zero-order valence-electron chi connectivity index (χ0n) is 14.2. The Morgan fingerprint density at radius 2 is 1.56 bits per heavy atom. The van der Waals surface area contributed by atoms with E-state index in [1.165, 1.54) is 32.1 Å². The average Bonchev–Trinajstić information content (AvgIpc) is 2.31. The molecule has 1 N–H and O–H groups in total. The third-order valence-corrected chi connectivity index (χ3v) is 3.02. The molecule has 0 saturated heterocycles. The molecule has 0 bridgehead atoms. The van der Waals surface area contributed by atoms with E-state index in [-0.39, 0.29) is 25.9 Å². The van der Waals surface area contributed by atoms with E-state index in [2.05, 4.69) is 13.8 Å². The van der Waals surface area contributed by atoms with Gasteiger partial charge in [0.2, 0.25) is 0 Å². The molecule has 0 heterocycles. The number of carboxylic acids is 1. The number of allylic oxidation sites excluding steroid dienone is 1. The first-order chi connectivity index (χ1) is 8.22. The maximum absolute atomic E-state index is 11.0. The van der Waals surface area contributed by atoms with Crippen molar-refractivity contribution >= 4 is 29.0 Å². The molecule has 0 spiro atoms. The first kappa shape index (κ1) is 20.3. The van der Waals surface area contributed by atoms with Crippen molar-refractivity contribution in [3.8, 4) is 0 Å². The van der Waals surface area contributed by atoms with Crippen LogP contribution in [-0.2, 0) is 4.79 Å². The molecule has 0 unspecified atom stereocenters. The van der Waals surface area contributed by atoms with Crippen molar-refractivity contribution in [2.24, 2.45) is 0 Å². The second-order valence-corrected chi connectivity index (χ2v) is 4.69. The summed E-state index contributed by atoms with van der Waals surface area (Å²) in [5.74, 6) is -0.725. The van der Waals surface area contributed by atoms with E-state index < -0.39 is 5.97 Å². The molecule has 0 fully saturated rings. The molecule has 0 aliphatic carbocycles. The molecule has 0 amide bonds. The van der Waals surface area contributed by atoms with Crippen LogP contribution < -0.4 is 0 Å². The predicted molar refractivity (Wildman–Crippen MR) is 81.2 cm³/mol. The number of carbonyl (C=O) groups is 1. The number of aliphatic carboxylic acids is 1. The van der Waals surface area contributed by atoms with Gasteiger partial charge in [0.05, 0.1) is 0 Å². The van der Waals surface area contributed by atoms with Gasteiger partial charge in [0.25, 0.3) is 0 Å². The quantitative estimate of drug-likeness (QED) is 0.332. The van der Waals surface area contributed by atoms with Gasteiger partial charge in [0.1, 0.15) is 0 Å². The van der Waals surface area contributed by atoms with Gasteiger partial charge in [0.15, 0.2) is 0 Å². The van der Waals surface area contributed by atoms with Gasteiger partial charge in [-0.05, 0) is 25.7 Å². The third kappa shape index (κ3) is 12.4. The number of hydrogen-bond acceptors (Lipinski definition) is 1. The Kier molecular flexibility index (Phi) is 17.0. The van der Waals surface area contributed by atoms with E-state index in [1.807, 2.05) is 6.08 Å². The van der Waals surface area contributed by atoms with Crippen molar-refractivity contribution < 1.29 is 12.8 Å². The third-order valence-electron chi connectivity index (χ3n) is 3.02. The van der Waals surface area contributed by atoms with E-state index in [0.29, 0.717) is 5.57 Å². The summed E-state index contributed by atoms with van der Waals surface area (Å²) in [7, 11) is 0. The number of unbranched alkanes of at least 4 members (excludes halogenated alkanes) is 7. The normalized spacial score (nSPS) is 11.1. The van der Waals surface area contributed by atoms with Gasteiger partial charge in [-0.1, -0.05) is 58.4 Å². The van der Waals surface area contributed by atoms with Crippen molar-refractivity contribution in [3.05, 3.63) is 11.6 Å². The molecule has 0 radical (unpaired) electrons. The molecule has 0 aromatic rings. The van der Waals surface area contributed by atoms with Gasteiger partial charge in [-0.3, -0.25) is 0 Å². The largest absolute Gasteiger partial charge is 2.00 e. The van der Waals surface area contributed by atoms with Crippen molar-refractivity contribution in [2.45, 2.75) is 78.1 Å². The minimum Gasteiger partial charge on any atom is -1.00 e. The van der Waals surface area contributed by atoms with E-state index in [0.717, 1.165) is 32.1 Å². The van der Waals surface area contributed by atoms with Crippen LogP contribution in [0.15, 0.2) is 11.6 Å². The molecule has 0 aromatic carbocycles. The number of rotatable bonds is 11. The standard InChI is InChI=1S/C15H28O2.Mg.2H/c1-3-5-7-9-11-13-14(15(16)17)12-10-8-6-4-2;;;/h13H,3-12H2,1-2H3,(H,16,17);;;/q;+2;2*-1. The molecule has 0 rings (SSSR count). The minimum absolute atomic E-state index is 0. The number of hydrogen-bond donors (Lipinski definition) is 1. The van der Waals surface area contributed by atoms with Crippen LogP contribution in [0.25, 0.3) is 0 Å². The summed E-state index contributed by atoms with van der Waals surface area (Å²) in [5, 5.41) is 9.06. The molecule has 3 heteroatoms. The molecule has 18 heavy (non-hydrogen) atoms. The van der Waals surface area contributed by atoms with Crippen LogP contribution in [0.3, 0.4) is 0 Å². The van der Waals surface area contributed by atoms with E-state index >= 15 is 0 Å². The van der Waals surface area contributed by atoms with Crippen LogP contribution in [0.4, 0.5) is 0 Å². The van der Waals surface area contributed by atoms with Crippen LogP contribution in [-0.4, -0.2) is 34.1 Å². The van der Waals surface area contributed by atoms with E-state index in [1.54, 1.807) is 0 Å². The van der Waals surface area contributed by atoms with Crippen LogP contribution in [0, 0.1) is 0 Å². The molecule has 0 atom stereocenters. The summed E-state index contributed by atoms with van der Waals surface area (Å²) in [6.07, 6.45) is 13.0. The van der Waals surface area contributed by atoms with Crippen molar-refractivity contribution in [2.75, 3.05) is 0 Å². The maximum Gasteiger partial charge on any atom is 2.00 e. The van der Waals surface area contributed by atoms with Crippen LogP contribution in [0.1, 0.15) is 80.9 Å². The monoisotopic (exact) mass is 266 g/mol. The van der Waals surface area contributed by atoms with Crippen LogP contribution in [0.2, 0.25) is 0 Å². The topological polar surface area (TPSA) is 37.3 Å². The Hall–Kier alpha value is -0.0238. The maximum atomic E-state index is 11.0. The van der Waals surface area contributed by atoms with Gasteiger partial charge in [-0.2, -0.15) is 0 Å². The summed E-state index contributed by atoms with van der Waals surface area (Å²) >= 11 is 0. The Morgan fingerprint density at radius 1 is 1.00 bits per heavy atom. The first-order valence-electron chi connectivity index (χ1n) is 7.14. The fraction of sp³-hybridized carbons (Fsp3) is 0.800. The van der Waals surface area contributed by atoms with Gasteiger partial charge < -0.3 is 7.96 Å². The minimum atomic E-state index is -0.725. The molecule has 104 valence electrons. The van der Waals surface area contributed by atoms with Gasteiger partial charge in [-0.15, -0.1) is 0 Å². The average molecular weight is 267 g/mol. The Labute approximate surface area is 131 Å². The predicted octanol–water partition coefficient (Wildman–Crippen LogP) is 4.78. The summed E-state index contributed by atoms with van der Waals surface area (Å²) in [6.45, 7) is 4.36. The molecule has 0 aliphatic heterocycles.